The summed E-state index contributed by atoms with van der Waals surface area (Å²) in [6.45, 7) is 0.738. The zero-order chi connectivity index (χ0) is 21.1. The smallest absolute Gasteiger partial charge is 0.311 e. The van der Waals surface area contributed by atoms with Crippen LogP contribution >= 0.6 is 0 Å². The molecule has 1 aliphatic rings. The highest BCUT2D eigenvalue weighted by atomic mass is 16.4. The van der Waals surface area contributed by atoms with Crippen LogP contribution in [0.15, 0.2) is 60.8 Å². The van der Waals surface area contributed by atoms with Crippen LogP contribution in [-0.2, 0) is 22.4 Å². The molecule has 6 heteroatoms. The number of piperidine rings is 1. The molecule has 30 heavy (non-hydrogen) atoms. The van der Waals surface area contributed by atoms with Gasteiger partial charge in [-0.05, 0) is 42.9 Å². The average molecular weight is 405 g/mol. The van der Waals surface area contributed by atoms with Crippen LogP contribution in [-0.4, -0.2) is 46.0 Å². The van der Waals surface area contributed by atoms with Crippen molar-refractivity contribution in [2.45, 2.75) is 31.7 Å². The van der Waals surface area contributed by atoms with E-state index in [0.717, 1.165) is 22.0 Å². The number of carboxylic acid groups (broad SMARTS) is 1. The molecule has 1 aliphatic heterocycles. The van der Waals surface area contributed by atoms with E-state index in [9.17, 15) is 14.7 Å². The quantitative estimate of drug-likeness (QED) is 0.587. The Balaban J connectivity index is 1.49. The maximum absolute atomic E-state index is 13.1. The molecule has 6 nitrogen and oxygen atoms in total. The van der Waals surface area contributed by atoms with Gasteiger partial charge in [0.1, 0.15) is 0 Å². The number of nitrogens with two attached hydrogens (primary N) is 1. The van der Waals surface area contributed by atoms with Crippen LogP contribution in [0.3, 0.4) is 0 Å². The number of nitrogens with one attached hydrogen (secondary N) is 1. The maximum Gasteiger partial charge on any atom is 0.311 e. The van der Waals surface area contributed by atoms with Crippen LogP contribution < -0.4 is 5.73 Å². The lowest BCUT2D eigenvalue weighted by molar-refractivity contribution is -0.155. The molecule has 0 radical (unpaired) electrons. The van der Waals surface area contributed by atoms with Crippen LogP contribution in [0.4, 0.5) is 0 Å². The molecule has 2 aromatic carbocycles. The summed E-state index contributed by atoms with van der Waals surface area (Å²) in [5.74, 6) is -1.03. The number of rotatable bonds is 6. The Hall–Kier alpha value is -3.12. The molecule has 1 fully saturated rings. The lowest BCUT2D eigenvalue weighted by Crippen LogP contribution is -2.55. The first-order chi connectivity index (χ1) is 14.5. The second kappa shape index (κ2) is 8.32. The summed E-state index contributed by atoms with van der Waals surface area (Å²) in [6, 6.07) is 16.8. The number of benzene rings is 2. The van der Waals surface area contributed by atoms with E-state index in [1.807, 2.05) is 60.8 Å². The first-order valence-corrected chi connectivity index (χ1v) is 10.4. The van der Waals surface area contributed by atoms with Gasteiger partial charge < -0.3 is 20.7 Å². The molecule has 4 N–H and O–H groups in total. The molecule has 3 aromatic rings. The Morgan fingerprint density at radius 2 is 1.87 bits per heavy atom. The topological polar surface area (TPSA) is 99.4 Å². The number of aromatic amines is 1. The fourth-order valence-corrected chi connectivity index (χ4v) is 4.56. The summed E-state index contributed by atoms with van der Waals surface area (Å²) in [7, 11) is 0. The number of amides is 1. The fraction of sp³-hybridized carbons (Fsp3) is 0.333. The summed E-state index contributed by atoms with van der Waals surface area (Å²) in [4.78, 5) is 30.2. The van der Waals surface area contributed by atoms with Gasteiger partial charge in [-0.25, -0.2) is 0 Å². The Bertz CT molecular complexity index is 1050. The number of para-hydroxylation sites is 1. The van der Waals surface area contributed by atoms with Crippen LogP contribution in [0.2, 0.25) is 0 Å². The maximum atomic E-state index is 13.1. The van der Waals surface area contributed by atoms with E-state index in [-0.39, 0.29) is 12.5 Å². The minimum absolute atomic E-state index is 0.182. The number of hydrogen-bond acceptors (Lipinski definition) is 3. The average Bonchev–Trinajstić information content (AvgIpc) is 3.17. The van der Waals surface area contributed by atoms with Gasteiger partial charge in [0.2, 0.25) is 5.91 Å². The van der Waals surface area contributed by atoms with Crippen molar-refractivity contribution in [1.29, 1.82) is 0 Å². The zero-order valence-electron chi connectivity index (χ0n) is 16.9. The minimum Gasteiger partial charge on any atom is -0.481 e. The third-order valence-corrected chi connectivity index (χ3v) is 6.16. The van der Waals surface area contributed by atoms with E-state index in [0.29, 0.717) is 32.2 Å². The molecular weight excluding hydrogens is 378 g/mol. The largest absolute Gasteiger partial charge is 0.481 e. The van der Waals surface area contributed by atoms with Crippen molar-refractivity contribution in [1.82, 2.24) is 9.88 Å². The van der Waals surface area contributed by atoms with Gasteiger partial charge >= 0.3 is 5.97 Å². The summed E-state index contributed by atoms with van der Waals surface area (Å²) in [5.41, 5.74) is 8.30. The SMILES string of the molecule is NC(Cc1c[nH]c2ccccc12)C(=O)N1CCCC(Cc2ccccc2)(C(=O)O)C1. The van der Waals surface area contributed by atoms with Crippen molar-refractivity contribution in [2.75, 3.05) is 13.1 Å². The van der Waals surface area contributed by atoms with Crippen molar-refractivity contribution in [2.24, 2.45) is 11.1 Å². The number of carboxylic acids is 1. The first kappa shape index (κ1) is 20.2. The summed E-state index contributed by atoms with van der Waals surface area (Å²) in [6.07, 6.45) is 3.93. The minimum atomic E-state index is -0.976. The third-order valence-electron chi connectivity index (χ3n) is 6.16. The van der Waals surface area contributed by atoms with Gasteiger partial charge in [-0.3, -0.25) is 9.59 Å². The van der Waals surface area contributed by atoms with E-state index in [4.69, 9.17) is 5.73 Å². The molecule has 0 saturated carbocycles. The Kier molecular flexibility index (Phi) is 5.59. The number of fused-ring (bicyclic) bond motifs is 1. The summed E-state index contributed by atoms with van der Waals surface area (Å²) in [5, 5.41) is 11.1. The second-order valence-electron chi connectivity index (χ2n) is 8.28. The molecule has 0 spiro atoms. The van der Waals surface area contributed by atoms with E-state index in [2.05, 4.69) is 4.98 Å². The van der Waals surface area contributed by atoms with Gasteiger partial charge in [-0.2, -0.15) is 0 Å². The third kappa shape index (κ3) is 3.96. The van der Waals surface area contributed by atoms with Gasteiger partial charge in [-0.1, -0.05) is 48.5 Å². The number of H-pyrrole nitrogens is 1. The molecule has 1 saturated heterocycles. The van der Waals surface area contributed by atoms with E-state index in [1.54, 1.807) is 4.90 Å². The highest BCUT2D eigenvalue weighted by molar-refractivity contribution is 5.87. The van der Waals surface area contributed by atoms with E-state index in [1.165, 1.54) is 0 Å². The Morgan fingerprint density at radius 1 is 1.13 bits per heavy atom. The fourth-order valence-electron chi connectivity index (χ4n) is 4.56. The number of carbonyl (C=O) groups excluding carboxylic acids is 1. The first-order valence-electron chi connectivity index (χ1n) is 10.4. The van der Waals surface area contributed by atoms with Crippen molar-refractivity contribution in [3.05, 3.63) is 71.9 Å². The van der Waals surface area contributed by atoms with Gasteiger partial charge in [-0.15, -0.1) is 0 Å². The van der Waals surface area contributed by atoms with Crippen molar-refractivity contribution < 1.29 is 14.7 Å². The standard InChI is InChI=1S/C24H27N3O3/c25-20(13-18-15-26-21-10-5-4-9-19(18)21)22(28)27-12-6-11-24(16-27,23(29)30)14-17-7-2-1-3-8-17/h1-5,7-10,15,20,26H,6,11-14,16,25H2,(H,29,30). The van der Waals surface area contributed by atoms with E-state index < -0.39 is 17.4 Å². The molecule has 1 amide bonds. The Labute approximate surface area is 175 Å². The second-order valence-corrected chi connectivity index (χ2v) is 8.28. The van der Waals surface area contributed by atoms with Gasteiger partial charge in [0.05, 0.1) is 11.5 Å². The number of likely N-dealkylation sites (tertiary alicyclic amines) is 1. The molecule has 0 aliphatic carbocycles. The molecule has 156 valence electrons. The van der Waals surface area contributed by atoms with Crippen LogP contribution in [0.1, 0.15) is 24.0 Å². The lowest BCUT2D eigenvalue weighted by atomic mass is 9.75. The lowest BCUT2D eigenvalue weighted by Gasteiger charge is -2.41. The molecule has 2 unspecified atom stereocenters. The molecule has 0 bridgehead atoms. The summed E-state index contributed by atoms with van der Waals surface area (Å²) >= 11 is 0. The molecule has 1 aromatic heterocycles. The van der Waals surface area contributed by atoms with Gasteiger partial charge in [0.25, 0.3) is 0 Å². The summed E-state index contributed by atoms with van der Waals surface area (Å²) < 4.78 is 0. The number of nitrogens with zero attached hydrogens (tertiary/aromatic N) is 1. The van der Waals surface area contributed by atoms with Gasteiger partial charge in [0.15, 0.2) is 0 Å². The van der Waals surface area contributed by atoms with Crippen LogP contribution in [0, 0.1) is 5.41 Å². The van der Waals surface area contributed by atoms with Crippen LogP contribution in [0.25, 0.3) is 10.9 Å². The van der Waals surface area contributed by atoms with Gasteiger partial charge in [0, 0.05) is 30.2 Å². The number of aliphatic carboxylic acids is 1. The van der Waals surface area contributed by atoms with E-state index >= 15 is 0 Å². The van der Waals surface area contributed by atoms with Crippen molar-refractivity contribution >= 4 is 22.8 Å². The number of hydrogen-bond donors (Lipinski definition) is 3. The molecule has 2 atom stereocenters. The normalized spacial score (nSPS) is 20.2. The number of aromatic nitrogens is 1. The molecular formula is C24H27N3O3. The number of carbonyl (C=O) groups is 2. The highest BCUT2D eigenvalue weighted by Crippen LogP contribution is 2.34. The van der Waals surface area contributed by atoms with Crippen molar-refractivity contribution in [3.8, 4) is 0 Å². The highest BCUT2D eigenvalue weighted by Gasteiger charge is 2.44. The molecule has 4 rings (SSSR count). The predicted octanol–water partition coefficient (Wildman–Crippen LogP) is 2.97. The van der Waals surface area contributed by atoms with Crippen molar-refractivity contribution in [3.63, 3.8) is 0 Å². The monoisotopic (exact) mass is 405 g/mol. The Morgan fingerprint density at radius 3 is 2.63 bits per heavy atom. The predicted molar refractivity (Wildman–Crippen MR) is 116 cm³/mol. The van der Waals surface area contributed by atoms with Crippen LogP contribution in [0.5, 0.6) is 0 Å². The molecule has 2 heterocycles. The zero-order valence-corrected chi connectivity index (χ0v) is 16.9.